The van der Waals surface area contributed by atoms with Crippen molar-refractivity contribution in [1.29, 1.82) is 0 Å². The van der Waals surface area contributed by atoms with Gasteiger partial charge >= 0.3 is 6.03 Å². The van der Waals surface area contributed by atoms with E-state index >= 15 is 0 Å². The highest BCUT2D eigenvalue weighted by Gasteiger charge is 2.58. The van der Waals surface area contributed by atoms with Crippen LogP contribution in [0.3, 0.4) is 0 Å². The van der Waals surface area contributed by atoms with Gasteiger partial charge in [-0.1, -0.05) is 44.0 Å². The lowest BCUT2D eigenvalue weighted by Gasteiger charge is -2.42. The van der Waals surface area contributed by atoms with E-state index in [4.69, 9.17) is 11.6 Å². The van der Waals surface area contributed by atoms with Crippen molar-refractivity contribution in [2.45, 2.75) is 45.2 Å². The predicted octanol–water partition coefficient (Wildman–Crippen LogP) is 2.70. The van der Waals surface area contributed by atoms with Crippen LogP contribution in [0.15, 0.2) is 24.3 Å². The molecule has 1 heterocycles. The number of urea groups is 1. The quantitative estimate of drug-likeness (QED) is 0.792. The first-order valence-electron chi connectivity index (χ1n) is 9.00. The number of carbonyl (C=O) groups excluding carboxylic acids is 3. The number of carbonyl (C=O) groups is 3. The molecule has 2 N–H and O–H groups in total. The van der Waals surface area contributed by atoms with E-state index in [9.17, 15) is 14.4 Å². The van der Waals surface area contributed by atoms with Crippen LogP contribution in [0.1, 0.15) is 38.7 Å². The van der Waals surface area contributed by atoms with Gasteiger partial charge in [-0.25, -0.2) is 4.79 Å². The summed E-state index contributed by atoms with van der Waals surface area (Å²) >= 11 is 5.93. The molecule has 1 aliphatic carbocycles. The van der Waals surface area contributed by atoms with Crippen molar-refractivity contribution >= 4 is 29.4 Å². The smallest absolute Gasteiger partial charge is 0.325 e. The topological polar surface area (TPSA) is 78.5 Å². The number of nitrogens with zero attached hydrogens (tertiary/aromatic N) is 1. The van der Waals surface area contributed by atoms with E-state index in [1.807, 2.05) is 19.9 Å². The molecule has 3 rings (SSSR count). The van der Waals surface area contributed by atoms with Crippen molar-refractivity contribution in [3.8, 4) is 0 Å². The molecule has 0 radical (unpaired) electrons. The minimum absolute atomic E-state index is 0.0576. The summed E-state index contributed by atoms with van der Waals surface area (Å²) in [7, 11) is 0. The highest BCUT2D eigenvalue weighted by Crippen LogP contribution is 2.42. The number of imide groups is 1. The van der Waals surface area contributed by atoms with Gasteiger partial charge in [0.05, 0.1) is 0 Å². The summed E-state index contributed by atoms with van der Waals surface area (Å²) in [6.07, 6.45) is 2.84. The molecular weight excluding hydrogens is 354 g/mol. The first kappa shape index (κ1) is 18.7. The molecule has 1 saturated heterocycles. The molecule has 26 heavy (non-hydrogen) atoms. The fourth-order valence-electron chi connectivity index (χ4n) is 4.14. The number of hydrogen-bond acceptors (Lipinski definition) is 3. The summed E-state index contributed by atoms with van der Waals surface area (Å²) in [6, 6.07) is 6.69. The summed E-state index contributed by atoms with van der Waals surface area (Å²) in [5.74, 6) is -0.536. The van der Waals surface area contributed by atoms with E-state index in [0.717, 1.165) is 29.7 Å². The average molecular weight is 378 g/mol. The molecular formula is C19H24ClN3O3. The van der Waals surface area contributed by atoms with Crippen molar-refractivity contribution in [1.82, 2.24) is 15.5 Å². The SMILES string of the molecule is CC1CCCC(C)C12NC(=O)N(CC(=O)NCc1cccc(Cl)c1)C2=O. The molecule has 0 bridgehead atoms. The Labute approximate surface area is 158 Å². The van der Waals surface area contributed by atoms with E-state index in [1.165, 1.54) is 0 Å². The number of benzene rings is 1. The monoisotopic (exact) mass is 377 g/mol. The van der Waals surface area contributed by atoms with Crippen LogP contribution in [0.2, 0.25) is 5.02 Å². The number of nitrogens with one attached hydrogen (secondary N) is 2. The molecule has 6 nitrogen and oxygen atoms in total. The molecule has 1 spiro atoms. The lowest BCUT2D eigenvalue weighted by molar-refractivity contribution is -0.139. The Kier molecular flexibility index (Phi) is 5.23. The van der Waals surface area contributed by atoms with Gasteiger partial charge < -0.3 is 10.6 Å². The van der Waals surface area contributed by atoms with E-state index in [0.29, 0.717) is 11.6 Å². The minimum Gasteiger partial charge on any atom is -0.350 e. The maximum absolute atomic E-state index is 13.0. The highest BCUT2D eigenvalue weighted by molar-refractivity contribution is 6.30. The van der Waals surface area contributed by atoms with Gasteiger partial charge in [-0.3, -0.25) is 14.5 Å². The molecule has 1 aromatic carbocycles. The third kappa shape index (κ3) is 3.30. The van der Waals surface area contributed by atoms with Gasteiger partial charge in [-0.2, -0.15) is 0 Å². The Balaban J connectivity index is 1.65. The fraction of sp³-hybridized carbons (Fsp3) is 0.526. The number of rotatable bonds is 4. The summed E-state index contributed by atoms with van der Waals surface area (Å²) in [5.41, 5.74) is -0.0169. The molecule has 2 unspecified atom stereocenters. The Morgan fingerprint density at radius 3 is 2.65 bits per heavy atom. The third-order valence-corrected chi connectivity index (χ3v) is 5.90. The third-order valence-electron chi connectivity index (χ3n) is 5.67. The molecule has 2 atom stereocenters. The van der Waals surface area contributed by atoms with E-state index in [1.54, 1.807) is 18.2 Å². The Bertz CT molecular complexity index is 726. The lowest BCUT2D eigenvalue weighted by atomic mass is 9.67. The molecule has 140 valence electrons. The van der Waals surface area contributed by atoms with Gasteiger partial charge in [-0.15, -0.1) is 0 Å². The van der Waals surface area contributed by atoms with Crippen LogP contribution >= 0.6 is 11.6 Å². The number of halogens is 1. The first-order valence-corrected chi connectivity index (χ1v) is 9.37. The molecule has 1 aromatic rings. The zero-order chi connectivity index (χ0) is 18.9. The summed E-state index contributed by atoms with van der Waals surface area (Å²) in [6.45, 7) is 4.01. The summed E-state index contributed by atoms with van der Waals surface area (Å²) in [4.78, 5) is 38.7. The minimum atomic E-state index is -0.872. The predicted molar refractivity (Wildman–Crippen MR) is 98.5 cm³/mol. The second kappa shape index (κ2) is 7.27. The van der Waals surface area contributed by atoms with Crippen molar-refractivity contribution in [2.75, 3.05) is 6.54 Å². The zero-order valence-corrected chi connectivity index (χ0v) is 15.8. The molecule has 4 amide bonds. The largest absolute Gasteiger partial charge is 0.350 e. The highest BCUT2D eigenvalue weighted by atomic mass is 35.5. The van der Waals surface area contributed by atoms with Gasteiger partial charge in [-0.05, 0) is 42.4 Å². The van der Waals surface area contributed by atoms with Gasteiger partial charge in [0.15, 0.2) is 0 Å². The van der Waals surface area contributed by atoms with Gasteiger partial charge in [0.1, 0.15) is 12.1 Å². The van der Waals surface area contributed by atoms with Crippen molar-refractivity contribution in [3.05, 3.63) is 34.9 Å². The lowest BCUT2D eigenvalue weighted by Crippen LogP contribution is -2.59. The molecule has 7 heteroatoms. The zero-order valence-electron chi connectivity index (χ0n) is 15.0. The molecule has 1 aliphatic heterocycles. The second-order valence-corrected chi connectivity index (χ2v) is 7.77. The van der Waals surface area contributed by atoms with Crippen LogP contribution < -0.4 is 10.6 Å². The normalized spacial score (nSPS) is 28.3. The van der Waals surface area contributed by atoms with Gasteiger partial charge in [0.2, 0.25) is 5.91 Å². The molecule has 1 saturated carbocycles. The van der Waals surface area contributed by atoms with Crippen LogP contribution in [-0.4, -0.2) is 34.8 Å². The van der Waals surface area contributed by atoms with E-state index in [2.05, 4.69) is 10.6 Å². The first-order chi connectivity index (χ1) is 12.3. The van der Waals surface area contributed by atoms with Crippen LogP contribution in [0.25, 0.3) is 0 Å². The Hall–Kier alpha value is -2.08. The number of amides is 4. The van der Waals surface area contributed by atoms with Crippen LogP contribution in [0.4, 0.5) is 4.79 Å². The standard InChI is InChI=1S/C19H24ClN3O3/c1-12-5-3-6-13(2)19(12)17(25)23(18(26)22-19)11-16(24)21-10-14-7-4-8-15(20)9-14/h4,7-9,12-13H,3,5-6,10-11H2,1-2H3,(H,21,24)(H,22,26). The van der Waals surface area contributed by atoms with Crippen molar-refractivity contribution < 1.29 is 14.4 Å². The van der Waals surface area contributed by atoms with Gasteiger partial charge in [0, 0.05) is 11.6 Å². The summed E-state index contributed by atoms with van der Waals surface area (Å²) in [5, 5.41) is 6.22. The van der Waals surface area contributed by atoms with Crippen molar-refractivity contribution in [3.63, 3.8) is 0 Å². The van der Waals surface area contributed by atoms with Gasteiger partial charge in [0.25, 0.3) is 5.91 Å². The van der Waals surface area contributed by atoms with Crippen LogP contribution in [-0.2, 0) is 16.1 Å². The second-order valence-electron chi connectivity index (χ2n) is 7.33. The molecule has 2 fully saturated rings. The molecule has 2 aliphatic rings. The maximum Gasteiger partial charge on any atom is 0.325 e. The van der Waals surface area contributed by atoms with E-state index < -0.39 is 11.6 Å². The Morgan fingerprint density at radius 2 is 2.00 bits per heavy atom. The fourth-order valence-corrected chi connectivity index (χ4v) is 4.36. The Morgan fingerprint density at radius 1 is 1.31 bits per heavy atom. The van der Waals surface area contributed by atoms with Crippen molar-refractivity contribution in [2.24, 2.45) is 11.8 Å². The average Bonchev–Trinajstić information content (AvgIpc) is 2.84. The van der Waals surface area contributed by atoms with Crippen LogP contribution in [0, 0.1) is 11.8 Å². The number of hydrogen-bond donors (Lipinski definition) is 2. The maximum atomic E-state index is 13.0. The van der Waals surface area contributed by atoms with Crippen LogP contribution in [0.5, 0.6) is 0 Å². The van der Waals surface area contributed by atoms with E-state index in [-0.39, 0.29) is 30.2 Å². The molecule has 0 aromatic heterocycles. The summed E-state index contributed by atoms with van der Waals surface area (Å²) < 4.78 is 0.